The lowest BCUT2D eigenvalue weighted by atomic mass is 10.1. The lowest BCUT2D eigenvalue weighted by Gasteiger charge is -2.10. The third-order valence-electron chi connectivity index (χ3n) is 5.38. The molecule has 33 heavy (non-hydrogen) atoms. The predicted molar refractivity (Wildman–Crippen MR) is 130 cm³/mol. The minimum absolute atomic E-state index is 0.235. The number of aromatic amines is 1. The average molecular weight is 449 g/mol. The third-order valence-corrected chi connectivity index (χ3v) is 6.30. The predicted octanol–water partition coefficient (Wildman–Crippen LogP) is 5.03. The zero-order chi connectivity index (χ0) is 22.4. The maximum atomic E-state index is 12.8. The van der Waals surface area contributed by atoms with Crippen molar-refractivity contribution >= 4 is 33.4 Å². The monoisotopic (exact) mass is 448 g/mol. The number of hydrogen-bond donors (Lipinski definition) is 1. The number of aryl methyl sites for hydroxylation is 1. The Morgan fingerprint density at radius 2 is 1.76 bits per heavy atom. The smallest absolute Gasteiger partial charge is 0.257 e. The van der Waals surface area contributed by atoms with Gasteiger partial charge in [-0.15, -0.1) is 11.3 Å². The Kier molecular flexibility index (Phi) is 4.51. The summed E-state index contributed by atoms with van der Waals surface area (Å²) < 4.78 is 0. The van der Waals surface area contributed by atoms with E-state index < -0.39 is 0 Å². The van der Waals surface area contributed by atoms with E-state index >= 15 is 0 Å². The highest BCUT2D eigenvalue weighted by Crippen LogP contribution is 2.34. The summed E-state index contributed by atoms with van der Waals surface area (Å²) >= 11 is 1.54. The fourth-order valence-electron chi connectivity index (χ4n) is 3.82. The van der Waals surface area contributed by atoms with Crippen molar-refractivity contribution < 1.29 is 0 Å². The van der Waals surface area contributed by atoms with Crippen molar-refractivity contribution in [1.29, 1.82) is 0 Å². The van der Waals surface area contributed by atoms with Crippen molar-refractivity contribution in [2.24, 2.45) is 0 Å². The largest absolute Gasteiger partial charge is 0.305 e. The van der Waals surface area contributed by atoms with Gasteiger partial charge < -0.3 is 4.98 Å². The molecule has 0 atom stereocenters. The Balaban J connectivity index is 1.63. The molecule has 0 spiro atoms. The topological polar surface area (TPSA) is 97.3 Å². The maximum Gasteiger partial charge on any atom is 0.257 e. The molecule has 0 saturated carbocycles. The van der Waals surface area contributed by atoms with Crippen molar-refractivity contribution in [1.82, 2.24) is 29.9 Å². The number of H-pyrrole nitrogens is 1. The van der Waals surface area contributed by atoms with E-state index in [0.29, 0.717) is 22.4 Å². The SMILES string of the molecule is Cc1ncc(-c2nc3[nH]c(=O)c(-c4cccnc4)cc3nc2-c2ccc3ncccc3c2)s1. The Labute approximate surface area is 191 Å². The van der Waals surface area contributed by atoms with E-state index in [-0.39, 0.29) is 5.56 Å². The minimum Gasteiger partial charge on any atom is -0.305 e. The summed E-state index contributed by atoms with van der Waals surface area (Å²) in [5.41, 5.74) is 5.25. The molecule has 0 aliphatic carbocycles. The molecule has 0 saturated heterocycles. The molecule has 5 aromatic heterocycles. The van der Waals surface area contributed by atoms with Crippen LogP contribution in [0, 0.1) is 6.92 Å². The summed E-state index contributed by atoms with van der Waals surface area (Å²) in [5, 5.41) is 1.95. The van der Waals surface area contributed by atoms with Gasteiger partial charge in [-0.1, -0.05) is 18.2 Å². The molecule has 6 aromatic rings. The van der Waals surface area contributed by atoms with Crippen molar-refractivity contribution in [3.8, 4) is 33.0 Å². The van der Waals surface area contributed by atoms with Crippen LogP contribution in [0.5, 0.6) is 0 Å². The van der Waals surface area contributed by atoms with Gasteiger partial charge in [-0.3, -0.25) is 14.8 Å². The molecule has 7 nitrogen and oxygen atoms in total. The maximum absolute atomic E-state index is 12.8. The van der Waals surface area contributed by atoms with E-state index in [1.807, 2.05) is 37.3 Å². The summed E-state index contributed by atoms with van der Waals surface area (Å²) in [7, 11) is 0. The number of hydrogen-bond acceptors (Lipinski definition) is 7. The molecular weight excluding hydrogens is 432 g/mol. The highest BCUT2D eigenvalue weighted by molar-refractivity contribution is 7.15. The average Bonchev–Trinajstić information content (AvgIpc) is 3.29. The van der Waals surface area contributed by atoms with Crippen LogP contribution in [-0.2, 0) is 0 Å². The zero-order valence-corrected chi connectivity index (χ0v) is 18.3. The lowest BCUT2D eigenvalue weighted by molar-refractivity contribution is 1.19. The first-order valence-electron chi connectivity index (χ1n) is 10.3. The summed E-state index contributed by atoms with van der Waals surface area (Å²) in [6.45, 7) is 1.95. The summed E-state index contributed by atoms with van der Waals surface area (Å²) in [4.78, 5) is 39.3. The van der Waals surface area contributed by atoms with Crippen LogP contribution in [0.25, 0.3) is 55.0 Å². The Hall–Kier alpha value is -4.30. The first-order valence-corrected chi connectivity index (χ1v) is 11.1. The Morgan fingerprint density at radius 1 is 0.848 bits per heavy atom. The number of fused-ring (bicyclic) bond motifs is 2. The third kappa shape index (κ3) is 3.46. The van der Waals surface area contributed by atoms with E-state index in [4.69, 9.17) is 9.97 Å². The van der Waals surface area contributed by atoms with Crippen LogP contribution in [0.1, 0.15) is 5.01 Å². The molecule has 1 N–H and O–H groups in total. The Bertz CT molecular complexity index is 1710. The zero-order valence-electron chi connectivity index (χ0n) is 17.5. The van der Waals surface area contributed by atoms with Gasteiger partial charge in [0.15, 0.2) is 5.65 Å². The highest BCUT2D eigenvalue weighted by atomic mass is 32.1. The summed E-state index contributed by atoms with van der Waals surface area (Å²) in [5.74, 6) is 0. The Morgan fingerprint density at radius 3 is 2.58 bits per heavy atom. The van der Waals surface area contributed by atoms with E-state index in [0.717, 1.165) is 37.6 Å². The lowest BCUT2D eigenvalue weighted by Crippen LogP contribution is -2.11. The molecule has 0 amide bonds. The first-order chi connectivity index (χ1) is 16.2. The van der Waals surface area contributed by atoms with Gasteiger partial charge in [-0.25, -0.2) is 15.0 Å². The van der Waals surface area contributed by atoms with E-state index in [1.54, 1.807) is 36.9 Å². The first kappa shape index (κ1) is 19.4. The van der Waals surface area contributed by atoms with Gasteiger partial charge in [0.25, 0.3) is 5.56 Å². The summed E-state index contributed by atoms with van der Waals surface area (Å²) in [6, 6.07) is 15.4. The fourth-order valence-corrected chi connectivity index (χ4v) is 4.59. The number of aromatic nitrogens is 6. The van der Waals surface area contributed by atoms with Gasteiger partial charge in [0.1, 0.15) is 11.2 Å². The quantitative estimate of drug-likeness (QED) is 0.408. The summed E-state index contributed by atoms with van der Waals surface area (Å²) in [6.07, 6.45) is 6.91. The molecule has 0 aliphatic heterocycles. The highest BCUT2D eigenvalue weighted by Gasteiger charge is 2.17. The van der Waals surface area contributed by atoms with Crippen molar-refractivity contribution in [3.05, 3.63) is 88.7 Å². The van der Waals surface area contributed by atoms with Crippen LogP contribution < -0.4 is 5.56 Å². The molecule has 0 aliphatic rings. The molecule has 0 bridgehead atoms. The van der Waals surface area contributed by atoms with E-state index in [2.05, 4.69) is 26.0 Å². The molecule has 8 heteroatoms. The van der Waals surface area contributed by atoms with Gasteiger partial charge in [0.05, 0.1) is 26.7 Å². The number of thiazole rings is 1. The van der Waals surface area contributed by atoms with Crippen molar-refractivity contribution in [2.45, 2.75) is 6.92 Å². The van der Waals surface area contributed by atoms with E-state index in [9.17, 15) is 4.79 Å². The number of benzene rings is 1. The molecular formula is C25H16N6OS. The molecule has 1 aromatic carbocycles. The van der Waals surface area contributed by atoms with Crippen LogP contribution in [-0.4, -0.2) is 29.9 Å². The molecule has 5 heterocycles. The molecule has 6 rings (SSSR count). The van der Waals surface area contributed by atoms with Crippen LogP contribution in [0.2, 0.25) is 0 Å². The van der Waals surface area contributed by atoms with Crippen molar-refractivity contribution in [3.63, 3.8) is 0 Å². The van der Waals surface area contributed by atoms with Gasteiger partial charge >= 0.3 is 0 Å². The van der Waals surface area contributed by atoms with Crippen molar-refractivity contribution in [2.75, 3.05) is 0 Å². The van der Waals surface area contributed by atoms with Crippen LogP contribution >= 0.6 is 11.3 Å². The number of rotatable bonds is 3. The van der Waals surface area contributed by atoms with Gasteiger partial charge in [0, 0.05) is 41.3 Å². The normalized spacial score (nSPS) is 11.3. The van der Waals surface area contributed by atoms with Crippen LogP contribution in [0.4, 0.5) is 0 Å². The number of nitrogens with one attached hydrogen (secondary N) is 1. The molecule has 0 radical (unpaired) electrons. The second-order valence-corrected chi connectivity index (χ2v) is 8.80. The standard InChI is InChI=1S/C25H16N6OS/c1-14-28-13-21(33-14)23-22(16-6-7-19-15(10-16)4-3-9-27-19)29-20-11-18(17-5-2-8-26-12-17)25(32)31-24(20)30-23/h2-13H,1H3,(H,30,31,32). The van der Waals surface area contributed by atoms with Crippen LogP contribution in [0.3, 0.4) is 0 Å². The minimum atomic E-state index is -0.235. The van der Waals surface area contributed by atoms with E-state index in [1.165, 1.54) is 11.3 Å². The second kappa shape index (κ2) is 7.68. The molecule has 158 valence electrons. The number of pyridine rings is 3. The number of nitrogens with zero attached hydrogens (tertiary/aromatic N) is 5. The second-order valence-electron chi connectivity index (χ2n) is 7.56. The van der Waals surface area contributed by atoms with Gasteiger partial charge in [-0.2, -0.15) is 0 Å². The molecule has 0 unspecified atom stereocenters. The van der Waals surface area contributed by atoms with Crippen LogP contribution in [0.15, 0.2) is 78.1 Å². The molecule has 0 fully saturated rings. The van der Waals surface area contributed by atoms with Gasteiger partial charge in [-0.05, 0) is 37.3 Å². The fraction of sp³-hybridized carbons (Fsp3) is 0.0400. The van der Waals surface area contributed by atoms with Gasteiger partial charge in [0.2, 0.25) is 0 Å².